The van der Waals surface area contributed by atoms with Crippen LogP contribution in [0.5, 0.6) is 0 Å². The molecule has 1 heterocycles. The number of benzene rings is 1. The van der Waals surface area contributed by atoms with E-state index >= 15 is 0 Å². The second-order valence-corrected chi connectivity index (χ2v) is 5.00. The minimum Gasteiger partial charge on any atom is -0.399 e. The SMILES string of the molecule is CC1CCN(CCCc2ccccc2N)C1. The van der Waals surface area contributed by atoms with Gasteiger partial charge in [0.25, 0.3) is 0 Å². The lowest BCUT2D eigenvalue weighted by Crippen LogP contribution is -2.21. The van der Waals surface area contributed by atoms with Gasteiger partial charge >= 0.3 is 0 Å². The van der Waals surface area contributed by atoms with Gasteiger partial charge in [-0.15, -0.1) is 0 Å². The third kappa shape index (κ3) is 2.99. The Labute approximate surface area is 98.4 Å². The van der Waals surface area contributed by atoms with Gasteiger partial charge in [-0.05, 0) is 49.9 Å². The van der Waals surface area contributed by atoms with Crippen LogP contribution < -0.4 is 5.73 Å². The first-order valence-electron chi connectivity index (χ1n) is 6.31. The molecule has 1 saturated heterocycles. The largest absolute Gasteiger partial charge is 0.399 e. The summed E-state index contributed by atoms with van der Waals surface area (Å²) in [5.74, 6) is 0.891. The number of para-hydroxylation sites is 1. The molecule has 2 N–H and O–H groups in total. The van der Waals surface area contributed by atoms with E-state index in [1.165, 1.54) is 38.0 Å². The first kappa shape index (κ1) is 11.5. The molecule has 1 aliphatic heterocycles. The van der Waals surface area contributed by atoms with Gasteiger partial charge in [-0.1, -0.05) is 25.1 Å². The van der Waals surface area contributed by atoms with Crippen molar-refractivity contribution in [1.82, 2.24) is 4.90 Å². The van der Waals surface area contributed by atoms with Crippen LogP contribution >= 0.6 is 0 Å². The number of rotatable bonds is 4. The van der Waals surface area contributed by atoms with Crippen molar-refractivity contribution in [2.45, 2.75) is 26.2 Å². The Kier molecular flexibility index (Phi) is 3.83. The Balaban J connectivity index is 1.74. The van der Waals surface area contributed by atoms with Gasteiger partial charge in [-0.2, -0.15) is 0 Å². The second kappa shape index (κ2) is 5.35. The van der Waals surface area contributed by atoms with Crippen molar-refractivity contribution in [2.24, 2.45) is 5.92 Å². The zero-order valence-corrected chi connectivity index (χ0v) is 10.2. The maximum absolute atomic E-state index is 5.92. The molecule has 16 heavy (non-hydrogen) atoms. The predicted octanol–water partition coefficient (Wildman–Crippen LogP) is 2.54. The van der Waals surface area contributed by atoms with Crippen LogP contribution in [0.15, 0.2) is 24.3 Å². The number of anilines is 1. The van der Waals surface area contributed by atoms with Crippen LogP contribution in [0.25, 0.3) is 0 Å². The number of hydrogen-bond acceptors (Lipinski definition) is 2. The zero-order valence-electron chi connectivity index (χ0n) is 10.2. The molecule has 0 aromatic heterocycles. The number of nitrogens with zero attached hydrogens (tertiary/aromatic N) is 1. The Morgan fingerprint density at radius 2 is 2.19 bits per heavy atom. The summed E-state index contributed by atoms with van der Waals surface area (Å²) in [5, 5.41) is 0. The van der Waals surface area contributed by atoms with Crippen LogP contribution in [0.1, 0.15) is 25.3 Å². The first-order valence-corrected chi connectivity index (χ1v) is 6.31. The van der Waals surface area contributed by atoms with Gasteiger partial charge in [0.1, 0.15) is 0 Å². The second-order valence-electron chi connectivity index (χ2n) is 5.00. The summed E-state index contributed by atoms with van der Waals surface area (Å²) in [4.78, 5) is 2.57. The van der Waals surface area contributed by atoms with Crippen molar-refractivity contribution in [3.05, 3.63) is 29.8 Å². The molecule has 88 valence electrons. The molecule has 1 aliphatic rings. The number of hydrogen-bond donors (Lipinski definition) is 1. The summed E-state index contributed by atoms with van der Waals surface area (Å²) >= 11 is 0. The molecule has 0 radical (unpaired) electrons. The monoisotopic (exact) mass is 218 g/mol. The lowest BCUT2D eigenvalue weighted by Gasteiger charge is -2.15. The third-order valence-electron chi connectivity index (χ3n) is 3.48. The molecule has 0 spiro atoms. The lowest BCUT2D eigenvalue weighted by molar-refractivity contribution is 0.323. The normalized spacial score (nSPS) is 21.4. The van der Waals surface area contributed by atoms with E-state index in [1.54, 1.807) is 0 Å². The molecule has 0 amide bonds. The van der Waals surface area contributed by atoms with Crippen LogP contribution in [0.4, 0.5) is 5.69 Å². The Bertz CT molecular complexity index is 335. The van der Waals surface area contributed by atoms with E-state index in [2.05, 4.69) is 24.0 Å². The molecule has 1 unspecified atom stereocenters. The quantitative estimate of drug-likeness (QED) is 0.787. The van der Waals surface area contributed by atoms with Gasteiger partial charge in [0.2, 0.25) is 0 Å². The summed E-state index contributed by atoms with van der Waals surface area (Å²) < 4.78 is 0. The van der Waals surface area contributed by atoms with Crippen molar-refractivity contribution in [3.8, 4) is 0 Å². The maximum Gasteiger partial charge on any atom is 0.0346 e. The molecular formula is C14H22N2. The summed E-state index contributed by atoms with van der Waals surface area (Å²) in [7, 11) is 0. The molecule has 2 rings (SSSR count). The molecule has 2 heteroatoms. The van der Waals surface area contributed by atoms with Gasteiger partial charge in [0.15, 0.2) is 0 Å². The summed E-state index contributed by atoms with van der Waals surface area (Å²) in [6.45, 7) is 6.13. The van der Waals surface area contributed by atoms with Crippen LogP contribution in [0, 0.1) is 5.92 Å². The minimum absolute atomic E-state index is 0.891. The Morgan fingerprint density at radius 3 is 2.88 bits per heavy atom. The van der Waals surface area contributed by atoms with E-state index in [0.717, 1.165) is 18.0 Å². The molecule has 0 aliphatic carbocycles. The molecule has 2 nitrogen and oxygen atoms in total. The van der Waals surface area contributed by atoms with Crippen molar-refractivity contribution in [1.29, 1.82) is 0 Å². The van der Waals surface area contributed by atoms with Crippen LogP contribution in [0.2, 0.25) is 0 Å². The highest BCUT2D eigenvalue weighted by Crippen LogP contribution is 2.17. The highest BCUT2D eigenvalue weighted by Gasteiger charge is 2.17. The van der Waals surface area contributed by atoms with Gasteiger partial charge < -0.3 is 10.6 Å². The van der Waals surface area contributed by atoms with Crippen LogP contribution in [-0.2, 0) is 6.42 Å². The van der Waals surface area contributed by atoms with E-state index in [0.29, 0.717) is 0 Å². The fraction of sp³-hybridized carbons (Fsp3) is 0.571. The topological polar surface area (TPSA) is 29.3 Å². The summed E-state index contributed by atoms with van der Waals surface area (Å²) in [5.41, 5.74) is 8.17. The minimum atomic E-state index is 0.891. The van der Waals surface area contributed by atoms with Crippen LogP contribution in [0.3, 0.4) is 0 Å². The Morgan fingerprint density at radius 1 is 1.38 bits per heavy atom. The highest BCUT2D eigenvalue weighted by atomic mass is 15.1. The van der Waals surface area contributed by atoms with E-state index in [-0.39, 0.29) is 0 Å². The first-order chi connectivity index (χ1) is 7.75. The van der Waals surface area contributed by atoms with E-state index in [4.69, 9.17) is 5.73 Å². The van der Waals surface area contributed by atoms with Crippen molar-refractivity contribution in [2.75, 3.05) is 25.4 Å². The van der Waals surface area contributed by atoms with E-state index in [9.17, 15) is 0 Å². The van der Waals surface area contributed by atoms with Crippen molar-refractivity contribution < 1.29 is 0 Å². The Hall–Kier alpha value is -1.02. The van der Waals surface area contributed by atoms with Gasteiger partial charge in [-0.25, -0.2) is 0 Å². The number of nitrogens with two attached hydrogens (primary N) is 1. The predicted molar refractivity (Wildman–Crippen MR) is 69.4 cm³/mol. The van der Waals surface area contributed by atoms with E-state index < -0.39 is 0 Å². The summed E-state index contributed by atoms with van der Waals surface area (Å²) in [6.07, 6.45) is 3.70. The van der Waals surface area contributed by atoms with Crippen molar-refractivity contribution in [3.63, 3.8) is 0 Å². The highest BCUT2D eigenvalue weighted by molar-refractivity contribution is 5.46. The van der Waals surface area contributed by atoms with Crippen molar-refractivity contribution >= 4 is 5.69 Å². The van der Waals surface area contributed by atoms with E-state index in [1.807, 2.05) is 12.1 Å². The summed E-state index contributed by atoms with van der Waals surface area (Å²) in [6, 6.07) is 8.21. The standard InChI is InChI=1S/C14H22N2/c1-12-8-10-16(11-12)9-4-6-13-5-2-3-7-14(13)15/h2-3,5,7,12H,4,6,8-11,15H2,1H3. The smallest absolute Gasteiger partial charge is 0.0346 e. The molecule has 1 aromatic carbocycles. The average molecular weight is 218 g/mol. The third-order valence-corrected chi connectivity index (χ3v) is 3.48. The average Bonchev–Trinajstić information content (AvgIpc) is 2.67. The fourth-order valence-electron chi connectivity index (χ4n) is 2.48. The maximum atomic E-state index is 5.92. The van der Waals surface area contributed by atoms with Crippen LogP contribution in [-0.4, -0.2) is 24.5 Å². The molecular weight excluding hydrogens is 196 g/mol. The number of nitrogen functional groups attached to an aromatic ring is 1. The fourth-order valence-corrected chi connectivity index (χ4v) is 2.48. The number of likely N-dealkylation sites (tertiary alicyclic amines) is 1. The lowest BCUT2D eigenvalue weighted by atomic mass is 10.1. The number of aryl methyl sites for hydroxylation is 1. The van der Waals surface area contributed by atoms with Gasteiger partial charge in [0, 0.05) is 12.2 Å². The zero-order chi connectivity index (χ0) is 11.4. The molecule has 0 bridgehead atoms. The molecule has 1 fully saturated rings. The molecule has 1 aromatic rings. The van der Waals surface area contributed by atoms with Gasteiger partial charge in [0.05, 0.1) is 0 Å². The molecule has 0 saturated carbocycles. The van der Waals surface area contributed by atoms with Gasteiger partial charge in [-0.3, -0.25) is 0 Å². The molecule has 1 atom stereocenters.